The van der Waals surface area contributed by atoms with Crippen LogP contribution in [0.25, 0.3) is 17.0 Å². The first-order valence-electron chi connectivity index (χ1n) is 11.0. The third-order valence-corrected chi connectivity index (χ3v) is 9.02. The summed E-state index contributed by atoms with van der Waals surface area (Å²) in [6.07, 6.45) is 2.10. The molecule has 1 N–H and O–H groups in total. The summed E-state index contributed by atoms with van der Waals surface area (Å²) in [4.78, 5) is 21.5. The highest BCUT2D eigenvalue weighted by Crippen LogP contribution is 2.47. The van der Waals surface area contributed by atoms with E-state index in [2.05, 4.69) is 48.7 Å². The number of hydrogen-bond donors (Lipinski definition) is 1. The van der Waals surface area contributed by atoms with Crippen molar-refractivity contribution < 1.29 is 26.5 Å². The molecule has 33 heavy (non-hydrogen) atoms. The molecule has 0 spiro atoms. The number of halogens is 1. The van der Waals surface area contributed by atoms with Crippen molar-refractivity contribution in [1.82, 2.24) is 9.97 Å². The normalized spacial score (nSPS) is 16.1. The number of nitrogens with one attached hydrogen (secondary N) is 1. The SMILES string of the molecule is CCSSCc1c(C)c(OC)c(C)c[n+]1-c1nc2cc3c(cc2[nH]1)C(C)(C)C(=O)C3(C)C.[Cl-]. The van der Waals surface area contributed by atoms with E-state index in [1.165, 1.54) is 5.69 Å². The van der Waals surface area contributed by atoms with Gasteiger partial charge in [0.1, 0.15) is 17.0 Å². The average molecular weight is 506 g/mol. The van der Waals surface area contributed by atoms with Gasteiger partial charge in [-0.05, 0) is 64.8 Å². The number of aromatic nitrogens is 3. The number of nitrogens with zero attached hydrogens (tertiary/aromatic N) is 2. The molecule has 3 aromatic rings. The second-order valence-corrected chi connectivity index (χ2v) is 12.3. The number of aromatic amines is 1. The summed E-state index contributed by atoms with van der Waals surface area (Å²) in [6.45, 7) is 14.4. The van der Waals surface area contributed by atoms with Crippen LogP contribution in [0.2, 0.25) is 0 Å². The zero-order valence-electron chi connectivity index (χ0n) is 20.6. The number of benzene rings is 1. The van der Waals surface area contributed by atoms with Gasteiger partial charge >= 0.3 is 5.95 Å². The molecule has 5 nitrogen and oxygen atoms in total. The maximum atomic E-state index is 13.0. The van der Waals surface area contributed by atoms with Crippen molar-refractivity contribution >= 4 is 38.4 Å². The largest absolute Gasteiger partial charge is 1.00 e. The number of ether oxygens (including phenoxy) is 1. The third-order valence-electron chi connectivity index (χ3n) is 6.66. The predicted octanol–water partition coefficient (Wildman–Crippen LogP) is 2.51. The molecule has 1 aliphatic rings. The van der Waals surface area contributed by atoms with E-state index in [1.54, 1.807) is 7.11 Å². The van der Waals surface area contributed by atoms with Gasteiger partial charge in [0.05, 0.1) is 19.1 Å². The summed E-state index contributed by atoms with van der Waals surface area (Å²) >= 11 is 0. The monoisotopic (exact) mass is 505 g/mol. The zero-order chi connectivity index (χ0) is 23.4. The number of fused-ring (bicyclic) bond motifs is 2. The highest BCUT2D eigenvalue weighted by atomic mass is 35.5. The van der Waals surface area contributed by atoms with Gasteiger partial charge in [-0.1, -0.05) is 33.5 Å². The van der Waals surface area contributed by atoms with Crippen LogP contribution in [0.15, 0.2) is 18.3 Å². The lowest BCUT2D eigenvalue weighted by molar-refractivity contribution is -0.611. The minimum atomic E-state index is -0.508. The van der Waals surface area contributed by atoms with Gasteiger partial charge < -0.3 is 17.1 Å². The van der Waals surface area contributed by atoms with Crippen LogP contribution in [-0.4, -0.2) is 28.6 Å². The van der Waals surface area contributed by atoms with Gasteiger partial charge in [0.15, 0.2) is 11.3 Å². The van der Waals surface area contributed by atoms with E-state index in [0.717, 1.165) is 56.5 Å². The van der Waals surface area contributed by atoms with Crippen LogP contribution in [0.3, 0.4) is 0 Å². The number of methoxy groups -OCH3 is 1. The van der Waals surface area contributed by atoms with Crippen molar-refractivity contribution in [2.75, 3.05) is 12.9 Å². The van der Waals surface area contributed by atoms with Crippen LogP contribution >= 0.6 is 21.6 Å². The van der Waals surface area contributed by atoms with Gasteiger partial charge in [-0.25, -0.2) is 9.55 Å². The van der Waals surface area contributed by atoms with Crippen molar-refractivity contribution in [3.63, 3.8) is 0 Å². The van der Waals surface area contributed by atoms with E-state index in [9.17, 15) is 4.79 Å². The molecule has 0 fully saturated rings. The predicted molar refractivity (Wildman–Crippen MR) is 134 cm³/mol. The van der Waals surface area contributed by atoms with Crippen molar-refractivity contribution in [1.29, 1.82) is 0 Å². The molecular weight excluding hydrogens is 474 g/mol. The summed E-state index contributed by atoms with van der Waals surface area (Å²) in [5, 5.41) is 0. The van der Waals surface area contributed by atoms with Gasteiger partial charge in [-0.3, -0.25) is 4.79 Å². The number of aryl methyl sites for hydroxylation is 1. The fourth-order valence-electron chi connectivity index (χ4n) is 5.02. The lowest BCUT2D eigenvalue weighted by Crippen LogP contribution is -3.00. The maximum absolute atomic E-state index is 13.0. The average Bonchev–Trinajstić information content (AvgIpc) is 3.21. The topological polar surface area (TPSA) is 58.9 Å². The highest BCUT2D eigenvalue weighted by Gasteiger charge is 2.50. The van der Waals surface area contributed by atoms with Crippen LogP contribution in [-0.2, 0) is 21.4 Å². The van der Waals surface area contributed by atoms with Gasteiger partial charge in [0.25, 0.3) is 0 Å². The number of ketones is 1. The standard InChI is InChI=1S/C25H32N3O2S2.ClH/c1-9-31-32-13-20-15(3)21(30-8)14(2)12-28(20)23-26-18-10-16-17(11-19(18)27-23)25(6,7)22(29)24(16,4)5;/h10-12H,9,13H2,1-8H3,(H,26,27);1H/q+1;/p-1. The first kappa shape index (κ1) is 25.9. The van der Waals surface area contributed by atoms with Crippen molar-refractivity contribution in [2.24, 2.45) is 0 Å². The van der Waals surface area contributed by atoms with Gasteiger partial charge in [-0.2, -0.15) is 0 Å². The molecule has 0 saturated carbocycles. The first-order valence-corrected chi connectivity index (χ1v) is 13.5. The van der Waals surface area contributed by atoms with E-state index < -0.39 is 10.8 Å². The number of carbonyl (C=O) groups excluding carboxylic acids is 1. The lowest BCUT2D eigenvalue weighted by Gasteiger charge is -2.21. The first-order chi connectivity index (χ1) is 15.0. The third kappa shape index (κ3) is 4.06. The van der Waals surface area contributed by atoms with Gasteiger partial charge in [0, 0.05) is 27.7 Å². The molecule has 0 saturated heterocycles. The Morgan fingerprint density at radius 3 is 2.33 bits per heavy atom. The Labute approximate surface area is 210 Å². The number of imidazole rings is 1. The summed E-state index contributed by atoms with van der Waals surface area (Å²) in [7, 11) is 5.42. The molecular formula is C25H32ClN3O2S2. The number of hydrogen-bond acceptors (Lipinski definition) is 5. The Hall–Kier alpha value is -1.70. The van der Waals surface area contributed by atoms with Crippen LogP contribution < -0.4 is 21.7 Å². The second-order valence-electron chi connectivity index (χ2n) is 9.51. The molecule has 0 bridgehead atoms. The summed E-state index contributed by atoms with van der Waals surface area (Å²) in [5.74, 6) is 3.89. The van der Waals surface area contributed by atoms with Crippen LogP contribution in [0, 0.1) is 13.8 Å². The van der Waals surface area contributed by atoms with E-state index in [0.29, 0.717) is 0 Å². The molecule has 178 valence electrons. The van der Waals surface area contributed by atoms with Gasteiger partial charge in [-0.15, -0.1) is 0 Å². The molecule has 0 amide bonds. The van der Waals surface area contributed by atoms with Gasteiger partial charge in [0.2, 0.25) is 0 Å². The van der Waals surface area contributed by atoms with E-state index >= 15 is 0 Å². The molecule has 0 aliphatic heterocycles. The minimum absolute atomic E-state index is 0. The Morgan fingerprint density at radius 1 is 1.09 bits per heavy atom. The molecule has 1 aliphatic carbocycles. The fourth-order valence-corrected chi connectivity index (χ4v) is 6.82. The molecule has 8 heteroatoms. The molecule has 0 atom stereocenters. The molecule has 2 aromatic heterocycles. The minimum Gasteiger partial charge on any atom is -1.00 e. The smallest absolute Gasteiger partial charge is 0.402 e. The van der Waals surface area contributed by atoms with E-state index in [1.807, 2.05) is 49.3 Å². The summed E-state index contributed by atoms with van der Waals surface area (Å²) in [5.41, 5.74) is 6.38. The number of carbonyl (C=O) groups is 1. The second kappa shape index (κ2) is 9.16. The Kier molecular flexibility index (Phi) is 7.19. The van der Waals surface area contributed by atoms with Crippen LogP contribution in [0.1, 0.15) is 62.6 Å². The Balaban J connectivity index is 0.00000306. The lowest BCUT2D eigenvalue weighted by atomic mass is 9.80. The number of H-pyrrole nitrogens is 1. The van der Waals surface area contributed by atoms with Crippen LogP contribution in [0.4, 0.5) is 0 Å². The summed E-state index contributed by atoms with van der Waals surface area (Å²) in [6, 6.07) is 4.22. The van der Waals surface area contributed by atoms with Crippen molar-refractivity contribution in [3.05, 3.63) is 46.3 Å². The molecule has 1 aromatic carbocycles. The van der Waals surface area contributed by atoms with E-state index in [4.69, 9.17) is 9.72 Å². The zero-order valence-corrected chi connectivity index (χ0v) is 22.9. The number of pyridine rings is 1. The fraction of sp³-hybridized carbons (Fsp3) is 0.480. The molecule has 4 rings (SSSR count). The quantitative estimate of drug-likeness (QED) is 0.317. The molecule has 0 radical (unpaired) electrons. The summed E-state index contributed by atoms with van der Waals surface area (Å²) < 4.78 is 7.85. The van der Waals surface area contributed by atoms with Crippen molar-refractivity contribution in [3.8, 4) is 11.7 Å². The van der Waals surface area contributed by atoms with Crippen LogP contribution in [0.5, 0.6) is 5.75 Å². The van der Waals surface area contributed by atoms with Crippen molar-refractivity contribution in [2.45, 2.75) is 65.0 Å². The molecule has 0 unspecified atom stereocenters. The van der Waals surface area contributed by atoms with E-state index in [-0.39, 0.29) is 18.2 Å². The maximum Gasteiger partial charge on any atom is 0.402 e. The number of Topliss-reactive ketones (excluding diaryl/α,β-unsaturated/α-hetero) is 1. The highest BCUT2D eigenvalue weighted by molar-refractivity contribution is 8.76. The Bertz CT molecular complexity index is 1180. The molecule has 2 heterocycles. The number of rotatable bonds is 6. The Morgan fingerprint density at radius 2 is 1.73 bits per heavy atom.